The van der Waals surface area contributed by atoms with Crippen molar-refractivity contribution in [1.82, 2.24) is 4.90 Å². The largest absolute Gasteiger partial charge is 0.465 e. The summed E-state index contributed by atoms with van der Waals surface area (Å²) >= 11 is 5.88. The average Bonchev–Trinajstić information content (AvgIpc) is 2.33. The number of benzene rings is 1. The smallest absolute Gasteiger partial charge is 0.407 e. The van der Waals surface area contributed by atoms with E-state index in [4.69, 9.17) is 16.7 Å². The lowest BCUT2D eigenvalue weighted by Gasteiger charge is -2.35. The molecule has 0 unspecified atom stereocenters. The third kappa shape index (κ3) is 2.44. The summed E-state index contributed by atoms with van der Waals surface area (Å²) in [7, 11) is 0. The van der Waals surface area contributed by atoms with Gasteiger partial charge in [-0.25, -0.2) is 9.18 Å². The van der Waals surface area contributed by atoms with Crippen LogP contribution >= 0.6 is 11.6 Å². The van der Waals surface area contributed by atoms with Crippen molar-refractivity contribution in [2.24, 2.45) is 0 Å². The first-order valence-corrected chi connectivity index (χ1v) is 5.64. The number of hydrogen-bond acceptors (Lipinski definition) is 2. The van der Waals surface area contributed by atoms with Crippen molar-refractivity contribution in [2.45, 2.75) is 0 Å². The number of hydrogen-bond donors (Lipinski definition) is 1. The van der Waals surface area contributed by atoms with Crippen LogP contribution in [-0.2, 0) is 0 Å². The Kier molecular flexibility index (Phi) is 3.38. The second kappa shape index (κ2) is 4.79. The lowest BCUT2D eigenvalue weighted by molar-refractivity contribution is 0.142. The maximum atomic E-state index is 13.3. The second-order valence-corrected chi connectivity index (χ2v) is 4.21. The van der Waals surface area contributed by atoms with Crippen molar-refractivity contribution < 1.29 is 14.3 Å². The first-order chi connectivity index (χ1) is 8.09. The zero-order valence-corrected chi connectivity index (χ0v) is 9.82. The summed E-state index contributed by atoms with van der Waals surface area (Å²) in [5.74, 6) is -0.454. The number of nitrogens with zero attached hydrogens (tertiary/aromatic N) is 2. The summed E-state index contributed by atoms with van der Waals surface area (Å²) in [5, 5.41) is 8.91. The Morgan fingerprint density at radius 2 is 1.94 bits per heavy atom. The normalized spacial score (nSPS) is 16.1. The van der Waals surface area contributed by atoms with Gasteiger partial charge < -0.3 is 14.9 Å². The molecule has 0 spiro atoms. The van der Waals surface area contributed by atoms with Crippen molar-refractivity contribution in [2.75, 3.05) is 31.1 Å². The van der Waals surface area contributed by atoms with Gasteiger partial charge in [0.05, 0.1) is 10.7 Å². The summed E-state index contributed by atoms with van der Waals surface area (Å²) in [6.45, 7) is 1.86. The van der Waals surface area contributed by atoms with Gasteiger partial charge >= 0.3 is 6.09 Å². The Hall–Kier alpha value is -1.49. The third-order valence-corrected chi connectivity index (χ3v) is 3.20. The van der Waals surface area contributed by atoms with E-state index in [1.807, 2.05) is 4.90 Å². The molecular weight excluding hydrogens is 247 g/mol. The van der Waals surface area contributed by atoms with Crippen LogP contribution in [0.15, 0.2) is 18.2 Å². The van der Waals surface area contributed by atoms with Crippen LogP contribution in [0.2, 0.25) is 5.02 Å². The van der Waals surface area contributed by atoms with Crippen LogP contribution in [0, 0.1) is 5.82 Å². The Morgan fingerprint density at radius 1 is 1.29 bits per heavy atom. The molecule has 1 amide bonds. The minimum Gasteiger partial charge on any atom is -0.465 e. The van der Waals surface area contributed by atoms with Gasteiger partial charge in [-0.05, 0) is 12.1 Å². The van der Waals surface area contributed by atoms with E-state index in [1.54, 1.807) is 12.1 Å². The number of carboxylic acid groups (broad SMARTS) is 1. The minimum atomic E-state index is -0.921. The minimum absolute atomic E-state index is 0.0938. The first-order valence-electron chi connectivity index (χ1n) is 5.26. The molecule has 1 saturated heterocycles. The van der Waals surface area contributed by atoms with Gasteiger partial charge in [-0.2, -0.15) is 0 Å². The third-order valence-electron chi connectivity index (χ3n) is 2.82. The molecule has 4 nitrogen and oxygen atoms in total. The maximum Gasteiger partial charge on any atom is 0.407 e. The van der Waals surface area contributed by atoms with Gasteiger partial charge in [-0.1, -0.05) is 17.7 Å². The predicted molar refractivity (Wildman–Crippen MR) is 63.2 cm³/mol. The van der Waals surface area contributed by atoms with Gasteiger partial charge in [0.15, 0.2) is 0 Å². The fourth-order valence-corrected chi connectivity index (χ4v) is 2.12. The number of carbonyl (C=O) groups is 1. The molecule has 6 heteroatoms. The Morgan fingerprint density at radius 3 is 2.53 bits per heavy atom. The second-order valence-electron chi connectivity index (χ2n) is 3.83. The van der Waals surface area contributed by atoms with Gasteiger partial charge in [0.25, 0.3) is 0 Å². The Balaban J connectivity index is 2.10. The topological polar surface area (TPSA) is 43.8 Å². The summed E-state index contributed by atoms with van der Waals surface area (Å²) < 4.78 is 13.3. The van der Waals surface area contributed by atoms with Crippen LogP contribution in [0.1, 0.15) is 0 Å². The highest BCUT2D eigenvalue weighted by Crippen LogP contribution is 2.28. The molecule has 1 N–H and O–H groups in total. The van der Waals surface area contributed by atoms with Crippen molar-refractivity contribution in [3.63, 3.8) is 0 Å². The molecule has 0 radical (unpaired) electrons. The van der Waals surface area contributed by atoms with Crippen LogP contribution < -0.4 is 4.90 Å². The molecule has 0 bridgehead atoms. The fourth-order valence-electron chi connectivity index (χ4n) is 1.88. The maximum absolute atomic E-state index is 13.3. The highest BCUT2D eigenvalue weighted by molar-refractivity contribution is 6.33. The van der Waals surface area contributed by atoms with Crippen molar-refractivity contribution in [3.8, 4) is 0 Å². The van der Waals surface area contributed by atoms with E-state index in [2.05, 4.69) is 0 Å². The molecule has 1 aliphatic rings. The predicted octanol–water partition coefficient (Wildman–Crippen LogP) is 2.28. The van der Waals surface area contributed by atoms with Gasteiger partial charge in [-0.3, -0.25) is 0 Å². The fraction of sp³-hybridized carbons (Fsp3) is 0.364. The SMILES string of the molecule is O=C(O)N1CCN(c2cccc(F)c2Cl)CC1. The van der Waals surface area contributed by atoms with Crippen LogP contribution in [0.5, 0.6) is 0 Å². The summed E-state index contributed by atoms with van der Waals surface area (Å²) in [4.78, 5) is 14.0. The molecule has 1 aromatic rings. The Labute approximate surface area is 103 Å². The highest BCUT2D eigenvalue weighted by Gasteiger charge is 2.22. The van der Waals surface area contributed by atoms with Gasteiger partial charge in [-0.15, -0.1) is 0 Å². The van der Waals surface area contributed by atoms with Crippen LogP contribution in [0.4, 0.5) is 14.9 Å². The van der Waals surface area contributed by atoms with E-state index in [9.17, 15) is 9.18 Å². The highest BCUT2D eigenvalue weighted by atomic mass is 35.5. The van der Waals surface area contributed by atoms with Crippen molar-refractivity contribution >= 4 is 23.4 Å². The van der Waals surface area contributed by atoms with Gasteiger partial charge in [0, 0.05) is 26.2 Å². The van der Waals surface area contributed by atoms with Gasteiger partial charge in [0.1, 0.15) is 5.82 Å². The molecule has 1 aromatic carbocycles. The average molecular weight is 259 g/mol. The molecule has 1 heterocycles. The van der Waals surface area contributed by atoms with Crippen LogP contribution in [0.3, 0.4) is 0 Å². The van der Waals surface area contributed by atoms with Gasteiger partial charge in [0.2, 0.25) is 0 Å². The van der Waals surface area contributed by atoms with Crippen LogP contribution in [-0.4, -0.2) is 42.3 Å². The quantitative estimate of drug-likeness (QED) is 0.840. The van der Waals surface area contributed by atoms with Crippen molar-refractivity contribution in [3.05, 3.63) is 29.0 Å². The molecular formula is C11H12ClFN2O2. The number of halogens is 2. The first kappa shape index (κ1) is 12.0. The summed E-state index contributed by atoms with van der Waals surface area (Å²) in [5.41, 5.74) is 0.622. The number of piperazine rings is 1. The molecule has 92 valence electrons. The molecule has 0 saturated carbocycles. The molecule has 2 rings (SSSR count). The zero-order valence-electron chi connectivity index (χ0n) is 9.07. The van der Waals surface area contributed by atoms with Crippen molar-refractivity contribution in [1.29, 1.82) is 0 Å². The van der Waals surface area contributed by atoms with E-state index in [-0.39, 0.29) is 5.02 Å². The molecule has 1 fully saturated rings. The standard InChI is InChI=1S/C11H12ClFN2O2/c12-10-8(13)2-1-3-9(10)14-4-6-15(7-5-14)11(16)17/h1-3H,4-7H2,(H,16,17). The molecule has 1 aliphatic heterocycles. The Bertz CT molecular complexity index is 433. The molecule has 0 atom stereocenters. The lowest BCUT2D eigenvalue weighted by Crippen LogP contribution is -2.48. The van der Waals surface area contributed by atoms with E-state index >= 15 is 0 Å². The van der Waals surface area contributed by atoms with E-state index < -0.39 is 11.9 Å². The van der Waals surface area contributed by atoms with E-state index in [1.165, 1.54) is 11.0 Å². The number of anilines is 1. The van der Waals surface area contributed by atoms with Crippen LogP contribution in [0.25, 0.3) is 0 Å². The monoisotopic (exact) mass is 258 g/mol. The summed E-state index contributed by atoms with van der Waals surface area (Å²) in [6.07, 6.45) is -0.921. The van der Waals surface area contributed by atoms with E-state index in [0.717, 1.165) is 0 Å². The zero-order chi connectivity index (χ0) is 12.4. The number of amides is 1. The lowest BCUT2D eigenvalue weighted by atomic mass is 10.2. The summed E-state index contributed by atoms with van der Waals surface area (Å²) in [6, 6.07) is 4.64. The molecule has 0 aliphatic carbocycles. The number of rotatable bonds is 1. The van der Waals surface area contributed by atoms with E-state index in [0.29, 0.717) is 31.9 Å². The molecule has 0 aromatic heterocycles. The molecule has 17 heavy (non-hydrogen) atoms.